The Morgan fingerprint density at radius 3 is 2.19 bits per heavy atom. The van der Waals surface area contributed by atoms with Crippen molar-refractivity contribution in [1.82, 2.24) is 0 Å². The molecule has 2 rings (SSSR count). The summed E-state index contributed by atoms with van der Waals surface area (Å²) in [4.78, 5) is 2.82. The maximum absolute atomic E-state index is 10.7. The zero-order valence-electron chi connectivity index (χ0n) is 22.9. The molecule has 0 aliphatic carbocycles. The highest BCUT2D eigenvalue weighted by atomic mass is 16.8. The number of allylic oxidation sites excluding steroid dienone is 1. The van der Waals surface area contributed by atoms with Gasteiger partial charge >= 0.3 is 0 Å². The predicted octanol–water partition coefficient (Wildman–Crippen LogP) is 4.90. The van der Waals surface area contributed by atoms with E-state index in [1.165, 1.54) is 57.8 Å². The monoisotopic (exact) mass is 527 g/mol. The quantitative estimate of drug-likeness (QED) is 0.0712. The van der Waals surface area contributed by atoms with E-state index in [-0.39, 0.29) is 13.2 Å². The molecule has 0 aromatic heterocycles. The molecule has 10 nitrogen and oxygen atoms in total. The number of rotatable bonds is 19. The van der Waals surface area contributed by atoms with Crippen LogP contribution in [-0.2, 0) is 18.9 Å². The van der Waals surface area contributed by atoms with Crippen LogP contribution in [0.3, 0.4) is 0 Å². The maximum atomic E-state index is 10.7. The highest BCUT2D eigenvalue weighted by Gasteiger charge is 2.55. The van der Waals surface area contributed by atoms with E-state index in [0.29, 0.717) is 0 Å². The van der Waals surface area contributed by atoms with E-state index in [1.807, 2.05) is 6.08 Å². The molecule has 214 valence electrons. The summed E-state index contributed by atoms with van der Waals surface area (Å²) in [6.07, 6.45) is 13.0. The van der Waals surface area contributed by atoms with Crippen molar-refractivity contribution in [2.75, 3.05) is 13.2 Å². The largest absolute Gasteiger partial charge is 0.394 e. The minimum atomic E-state index is -1.17. The average molecular weight is 528 g/mol. The zero-order valence-corrected chi connectivity index (χ0v) is 22.9. The molecule has 2 aliphatic rings. The Labute approximate surface area is 221 Å². The van der Waals surface area contributed by atoms with Crippen LogP contribution in [0, 0.1) is 0 Å². The summed E-state index contributed by atoms with van der Waals surface area (Å²) < 4.78 is 22.9. The van der Waals surface area contributed by atoms with Gasteiger partial charge in [0.05, 0.1) is 25.4 Å². The van der Waals surface area contributed by atoms with E-state index in [0.717, 1.165) is 19.3 Å². The van der Waals surface area contributed by atoms with Gasteiger partial charge < -0.3 is 34.3 Å². The highest BCUT2D eigenvalue weighted by Crippen LogP contribution is 2.37. The van der Waals surface area contributed by atoms with Gasteiger partial charge in [0.2, 0.25) is 0 Å². The molecule has 0 amide bonds. The first-order valence-corrected chi connectivity index (χ1v) is 14.1. The van der Waals surface area contributed by atoms with Crippen LogP contribution in [0.4, 0.5) is 0 Å². The lowest BCUT2D eigenvalue weighted by Crippen LogP contribution is -2.58. The van der Waals surface area contributed by atoms with Gasteiger partial charge in [-0.15, -0.1) is 0 Å². The van der Waals surface area contributed by atoms with E-state index < -0.39 is 48.6 Å². The van der Waals surface area contributed by atoms with Crippen molar-refractivity contribution >= 4 is 0 Å². The van der Waals surface area contributed by atoms with Crippen molar-refractivity contribution < 1.29 is 34.3 Å². The molecule has 0 radical (unpaired) electrons. The van der Waals surface area contributed by atoms with Gasteiger partial charge in [-0.1, -0.05) is 88.4 Å². The first kappa shape index (κ1) is 32.0. The van der Waals surface area contributed by atoms with Crippen molar-refractivity contribution in [3.05, 3.63) is 22.6 Å². The second-order valence-corrected chi connectivity index (χ2v) is 10.6. The summed E-state index contributed by atoms with van der Waals surface area (Å²) in [5.74, 6) is -0.926. The Hall–Kier alpha value is -1.23. The third-order valence-electron chi connectivity index (χ3n) is 6.97. The normalized spacial score (nSPS) is 28.6. The molecule has 2 fully saturated rings. The molecule has 0 saturated carbocycles. The molecule has 0 bridgehead atoms. The minimum Gasteiger partial charge on any atom is -0.394 e. The second-order valence-electron chi connectivity index (χ2n) is 10.6. The van der Waals surface area contributed by atoms with E-state index in [4.69, 9.17) is 24.5 Å². The van der Waals surface area contributed by atoms with Crippen molar-refractivity contribution in [1.29, 1.82) is 0 Å². The van der Waals surface area contributed by atoms with Crippen molar-refractivity contribution in [3.63, 3.8) is 0 Å². The van der Waals surface area contributed by atoms with E-state index in [2.05, 4.69) is 16.9 Å². The first-order valence-electron chi connectivity index (χ1n) is 14.1. The number of aliphatic hydroxyl groups is 3. The number of azide groups is 1. The Kier molecular flexibility index (Phi) is 15.0. The van der Waals surface area contributed by atoms with Gasteiger partial charge in [-0.2, -0.15) is 0 Å². The van der Waals surface area contributed by atoms with Crippen LogP contribution in [0.15, 0.2) is 17.3 Å². The molecule has 7 atom stereocenters. The van der Waals surface area contributed by atoms with Gasteiger partial charge in [0.1, 0.15) is 24.4 Å². The van der Waals surface area contributed by atoms with E-state index >= 15 is 0 Å². The Bertz CT molecular complexity index is 701. The van der Waals surface area contributed by atoms with Crippen molar-refractivity contribution in [3.8, 4) is 0 Å². The van der Waals surface area contributed by atoms with Crippen molar-refractivity contribution in [2.45, 2.75) is 146 Å². The third-order valence-corrected chi connectivity index (χ3v) is 6.97. The molecule has 0 unspecified atom stereocenters. The Morgan fingerprint density at radius 2 is 1.59 bits per heavy atom. The lowest BCUT2D eigenvalue weighted by molar-refractivity contribution is -0.283. The highest BCUT2D eigenvalue weighted by molar-refractivity contribution is 4.98. The number of unbranched alkanes of at least 4 members (excludes halogenated alkanes) is 11. The first-order chi connectivity index (χ1) is 17.8. The summed E-state index contributed by atoms with van der Waals surface area (Å²) >= 11 is 0. The molecule has 2 aliphatic heterocycles. The van der Waals surface area contributed by atoms with Gasteiger partial charge in [0, 0.05) is 4.91 Å². The molecule has 0 aromatic rings. The predicted molar refractivity (Wildman–Crippen MR) is 141 cm³/mol. The molecule has 0 spiro atoms. The summed E-state index contributed by atoms with van der Waals surface area (Å²) in [7, 11) is 0. The van der Waals surface area contributed by atoms with E-state index in [9.17, 15) is 15.3 Å². The molecule has 0 aromatic carbocycles. The SMILES string of the molecule is CCCCCCCCCCCCCC=C[C@@H](O)[C@H](CO[C@@H]1O[C@H](CO)[C@@H]2OC(C)(C)O[C@@H]2[C@H]1O)N=[N+]=[N-]. The molecular formula is C27H49N3O7. The summed E-state index contributed by atoms with van der Waals surface area (Å²) in [6.45, 7) is 5.18. The van der Waals surface area contributed by atoms with E-state index in [1.54, 1.807) is 19.9 Å². The fourth-order valence-electron chi connectivity index (χ4n) is 4.89. The molecule has 3 N–H and O–H groups in total. The van der Waals surface area contributed by atoms with Crippen LogP contribution in [0.5, 0.6) is 0 Å². The fraction of sp³-hybridized carbons (Fsp3) is 0.926. The number of ether oxygens (including phenoxy) is 4. The molecule has 37 heavy (non-hydrogen) atoms. The van der Waals surface area contributed by atoms with Crippen LogP contribution in [-0.4, -0.2) is 77.2 Å². The van der Waals surface area contributed by atoms with Crippen molar-refractivity contribution in [2.24, 2.45) is 5.11 Å². The van der Waals surface area contributed by atoms with Crippen LogP contribution in [0.1, 0.15) is 97.8 Å². The number of hydrogen-bond donors (Lipinski definition) is 3. The average Bonchev–Trinajstić information content (AvgIpc) is 3.21. The zero-order chi connectivity index (χ0) is 27.1. The number of hydrogen-bond acceptors (Lipinski definition) is 8. The Balaban J connectivity index is 1.67. The topological polar surface area (TPSA) is 146 Å². The summed E-state index contributed by atoms with van der Waals surface area (Å²) in [6, 6.07) is -0.892. The lowest BCUT2D eigenvalue weighted by atomic mass is 9.99. The summed E-state index contributed by atoms with van der Waals surface area (Å²) in [5.41, 5.74) is 8.94. The van der Waals surface area contributed by atoms with Crippen LogP contribution in [0.25, 0.3) is 10.4 Å². The maximum Gasteiger partial charge on any atom is 0.186 e. The third kappa shape index (κ3) is 11.2. The number of nitrogens with zero attached hydrogens (tertiary/aromatic N) is 3. The second kappa shape index (κ2) is 17.4. The standard InChI is InChI=1S/C27H49N3O7/c1-4-5-6-7-8-9-10-11-12-13-14-15-16-17-21(32)20(29-30-28)19-34-26-23(33)25-24(22(18-31)35-26)36-27(2,3)37-25/h16-17,20-26,31-33H,4-15,18-19H2,1-3H3/t20-,21+,22+,23+,24-,25+,26+/m0/s1. The molecule has 2 saturated heterocycles. The molecule has 2 heterocycles. The van der Waals surface area contributed by atoms with Crippen LogP contribution >= 0.6 is 0 Å². The molecular weight excluding hydrogens is 478 g/mol. The minimum absolute atomic E-state index is 0.171. The summed E-state index contributed by atoms with van der Waals surface area (Å²) in [5, 5.41) is 34.5. The smallest absolute Gasteiger partial charge is 0.186 e. The van der Waals surface area contributed by atoms with Gasteiger partial charge in [-0.3, -0.25) is 0 Å². The Morgan fingerprint density at radius 1 is 1.00 bits per heavy atom. The van der Waals surface area contributed by atoms with Gasteiger partial charge in [0.25, 0.3) is 0 Å². The molecule has 10 heteroatoms. The van der Waals surface area contributed by atoms with Crippen LogP contribution in [0.2, 0.25) is 0 Å². The lowest BCUT2D eigenvalue weighted by Gasteiger charge is -2.39. The van der Waals surface area contributed by atoms with Gasteiger partial charge in [-0.05, 0) is 32.2 Å². The fourth-order valence-corrected chi connectivity index (χ4v) is 4.89. The number of fused-ring (bicyclic) bond motifs is 1. The number of aliphatic hydroxyl groups excluding tert-OH is 3. The van der Waals surface area contributed by atoms with Crippen LogP contribution < -0.4 is 0 Å². The van der Waals surface area contributed by atoms with Gasteiger partial charge in [0.15, 0.2) is 12.1 Å². The van der Waals surface area contributed by atoms with Gasteiger partial charge in [-0.25, -0.2) is 0 Å².